The second kappa shape index (κ2) is 23.6. The standard InChI is InChI=1S/C52H98N6O9/c1-29(2)27-35(55-39(59)47(14,15)33(9)54-43(63)52(24,25)38(32(7)8)58-45(65)67-46(11,12)13)49(18,19)41(61)57-37(31(5)6)51(22,23)42(62)53-34(10)48(16,17)40(60)56-36(28-30(3)4)50(20,21)44(64)66-26/h29-38H,27-28H2,1-26H3,(H,53,62)(H,54,63)(H,55,59)(H,56,60)(H,57,61)(H,58,65)/t33-,34-,35-,36-,37-,38-/m0/s1. The summed E-state index contributed by atoms with van der Waals surface area (Å²) in [6.45, 7) is 45.6. The van der Waals surface area contributed by atoms with E-state index in [-0.39, 0.29) is 53.2 Å². The zero-order valence-electron chi connectivity index (χ0n) is 46.9. The molecule has 67 heavy (non-hydrogen) atoms. The predicted molar refractivity (Wildman–Crippen MR) is 267 cm³/mol. The third-order valence-electron chi connectivity index (χ3n) is 14.1. The first-order chi connectivity index (χ1) is 29.9. The van der Waals surface area contributed by atoms with Crippen molar-refractivity contribution in [2.75, 3.05) is 7.11 Å². The number of ether oxygens (including phenoxy) is 2. The number of hydrogen-bond acceptors (Lipinski definition) is 9. The molecule has 0 heterocycles. The minimum atomic E-state index is -1.17. The largest absolute Gasteiger partial charge is 0.469 e. The van der Waals surface area contributed by atoms with Crippen molar-refractivity contribution in [2.24, 2.45) is 56.2 Å². The number of rotatable bonds is 24. The quantitative estimate of drug-likeness (QED) is 0.0516. The van der Waals surface area contributed by atoms with Crippen LogP contribution in [-0.4, -0.2) is 90.6 Å². The minimum absolute atomic E-state index is 0.0844. The third-order valence-corrected chi connectivity index (χ3v) is 14.1. The Morgan fingerprint density at radius 1 is 0.388 bits per heavy atom. The average molecular weight is 951 g/mol. The van der Waals surface area contributed by atoms with Crippen LogP contribution in [0.2, 0.25) is 0 Å². The second-order valence-corrected chi connectivity index (χ2v) is 25.1. The lowest BCUT2D eigenvalue weighted by Gasteiger charge is -2.43. The molecule has 0 radical (unpaired) electrons. The van der Waals surface area contributed by atoms with E-state index in [4.69, 9.17) is 9.47 Å². The summed E-state index contributed by atoms with van der Waals surface area (Å²) in [4.78, 5) is 96.8. The van der Waals surface area contributed by atoms with Gasteiger partial charge in [-0.2, -0.15) is 0 Å². The van der Waals surface area contributed by atoms with Gasteiger partial charge in [-0.1, -0.05) is 55.4 Å². The summed E-state index contributed by atoms with van der Waals surface area (Å²) in [6.07, 6.45) is 0.373. The van der Waals surface area contributed by atoms with Crippen LogP contribution >= 0.6 is 0 Å². The maximum absolute atomic E-state index is 14.6. The number of esters is 1. The van der Waals surface area contributed by atoms with E-state index in [0.717, 1.165) is 0 Å². The lowest BCUT2D eigenvalue weighted by Crippen LogP contribution is -2.63. The zero-order chi connectivity index (χ0) is 53.4. The molecule has 0 aliphatic heterocycles. The predicted octanol–water partition coefficient (Wildman–Crippen LogP) is 8.08. The Kier molecular flexibility index (Phi) is 22.2. The van der Waals surface area contributed by atoms with Crippen LogP contribution < -0.4 is 31.9 Å². The van der Waals surface area contributed by atoms with Crippen molar-refractivity contribution in [1.82, 2.24) is 31.9 Å². The second-order valence-electron chi connectivity index (χ2n) is 25.1. The van der Waals surface area contributed by atoms with E-state index in [2.05, 4.69) is 31.9 Å². The summed E-state index contributed by atoms with van der Waals surface area (Å²) in [6, 6.07) is -3.74. The highest BCUT2D eigenvalue weighted by Gasteiger charge is 2.49. The molecule has 0 fully saturated rings. The van der Waals surface area contributed by atoms with Gasteiger partial charge < -0.3 is 41.4 Å². The maximum atomic E-state index is 14.6. The SMILES string of the molecule is COC(=O)C(C)(C)[C@H](CC(C)C)NC(=O)C(C)(C)[C@H](C)NC(=O)C(C)(C)[C@@H](NC(=O)C(C)(C)[C@H](CC(C)C)NC(=O)C(C)(C)[C@H](C)NC(=O)C(C)(C)[C@@H](NC(=O)OC(C)(C)C)C(C)C)C(C)C. The lowest BCUT2D eigenvalue weighted by atomic mass is 9.74. The Morgan fingerprint density at radius 2 is 0.687 bits per heavy atom. The van der Waals surface area contributed by atoms with Crippen LogP contribution in [0.15, 0.2) is 0 Å². The number of nitrogens with one attached hydrogen (secondary N) is 6. The zero-order valence-corrected chi connectivity index (χ0v) is 46.9. The lowest BCUT2D eigenvalue weighted by molar-refractivity contribution is -0.153. The van der Waals surface area contributed by atoms with Crippen LogP contribution in [0.25, 0.3) is 0 Å². The molecule has 0 aliphatic rings. The van der Waals surface area contributed by atoms with Crippen LogP contribution in [0.1, 0.15) is 186 Å². The van der Waals surface area contributed by atoms with Gasteiger partial charge in [0.2, 0.25) is 29.5 Å². The molecule has 0 aromatic carbocycles. The molecular weight excluding hydrogens is 853 g/mol. The molecule has 390 valence electrons. The van der Waals surface area contributed by atoms with Crippen LogP contribution in [0.3, 0.4) is 0 Å². The summed E-state index contributed by atoms with van der Waals surface area (Å²) in [5.74, 6) is -2.26. The van der Waals surface area contributed by atoms with Crippen LogP contribution in [0, 0.1) is 56.2 Å². The van der Waals surface area contributed by atoms with Crippen LogP contribution in [0.4, 0.5) is 4.79 Å². The van der Waals surface area contributed by atoms with Crippen molar-refractivity contribution in [2.45, 2.75) is 228 Å². The molecule has 6 N–H and O–H groups in total. The van der Waals surface area contributed by atoms with Gasteiger partial charge in [0.25, 0.3) is 0 Å². The molecule has 0 saturated carbocycles. The summed E-state index contributed by atoms with van der Waals surface area (Å²) >= 11 is 0. The summed E-state index contributed by atoms with van der Waals surface area (Å²) in [5, 5.41) is 18.5. The van der Waals surface area contributed by atoms with Crippen molar-refractivity contribution in [1.29, 1.82) is 0 Å². The Bertz CT molecular complexity index is 1720. The van der Waals surface area contributed by atoms with E-state index < -0.39 is 86.4 Å². The number of methoxy groups -OCH3 is 1. The molecular formula is C52H98N6O9. The van der Waals surface area contributed by atoms with Gasteiger partial charge in [-0.25, -0.2) is 4.79 Å². The number of carbonyl (C=O) groups is 7. The fraction of sp³-hybridized carbons (Fsp3) is 0.865. The number of carbonyl (C=O) groups excluding carboxylic acids is 7. The third kappa shape index (κ3) is 16.9. The van der Waals surface area contributed by atoms with Gasteiger partial charge in [-0.15, -0.1) is 0 Å². The van der Waals surface area contributed by atoms with E-state index in [1.165, 1.54) is 7.11 Å². The van der Waals surface area contributed by atoms with Crippen molar-refractivity contribution < 1.29 is 43.0 Å². The van der Waals surface area contributed by atoms with Gasteiger partial charge in [0.1, 0.15) is 5.60 Å². The van der Waals surface area contributed by atoms with Gasteiger partial charge in [-0.3, -0.25) is 28.8 Å². The van der Waals surface area contributed by atoms with E-state index in [0.29, 0.717) is 12.8 Å². The van der Waals surface area contributed by atoms with Crippen molar-refractivity contribution >= 4 is 41.6 Å². The van der Waals surface area contributed by atoms with Gasteiger partial charge in [0.05, 0.1) is 39.6 Å². The molecule has 0 saturated heterocycles. The Balaban J connectivity index is 6.47. The smallest absolute Gasteiger partial charge is 0.407 e. The molecule has 6 amide bonds. The number of alkyl carbamates (subject to hydrolysis) is 1. The minimum Gasteiger partial charge on any atom is -0.469 e. The Labute approximate surface area is 406 Å². The highest BCUT2D eigenvalue weighted by molar-refractivity contribution is 5.90. The Morgan fingerprint density at radius 3 is 0.985 bits per heavy atom. The molecule has 15 nitrogen and oxygen atoms in total. The first-order valence-corrected chi connectivity index (χ1v) is 24.5. The molecule has 0 bridgehead atoms. The topological polar surface area (TPSA) is 210 Å². The molecule has 6 atom stereocenters. The molecule has 0 aliphatic carbocycles. The molecule has 0 unspecified atom stereocenters. The van der Waals surface area contributed by atoms with E-state index in [9.17, 15) is 33.6 Å². The van der Waals surface area contributed by atoms with E-state index in [1.807, 2.05) is 55.4 Å². The van der Waals surface area contributed by atoms with Gasteiger partial charge in [0.15, 0.2) is 0 Å². The average Bonchev–Trinajstić information content (AvgIpc) is 3.15. The van der Waals surface area contributed by atoms with Crippen molar-refractivity contribution in [3.63, 3.8) is 0 Å². The Hall–Kier alpha value is -3.91. The molecule has 0 aromatic rings. The monoisotopic (exact) mass is 951 g/mol. The number of hydrogen-bond donors (Lipinski definition) is 6. The highest BCUT2D eigenvalue weighted by atomic mass is 16.6. The first kappa shape index (κ1) is 63.1. The normalized spacial score (nSPS) is 16.0. The summed E-state index contributed by atoms with van der Waals surface area (Å²) in [7, 11) is 1.33. The van der Waals surface area contributed by atoms with E-state index >= 15 is 0 Å². The van der Waals surface area contributed by atoms with Crippen LogP contribution in [-0.2, 0) is 38.2 Å². The van der Waals surface area contributed by atoms with Crippen molar-refractivity contribution in [3.05, 3.63) is 0 Å². The molecule has 0 aromatic heterocycles. The maximum Gasteiger partial charge on any atom is 0.407 e. The van der Waals surface area contributed by atoms with E-state index in [1.54, 1.807) is 118 Å². The highest BCUT2D eigenvalue weighted by Crippen LogP contribution is 2.35. The molecule has 15 heteroatoms. The summed E-state index contributed by atoms with van der Waals surface area (Å²) < 4.78 is 10.6. The summed E-state index contributed by atoms with van der Waals surface area (Å²) in [5.41, 5.74) is -7.39. The van der Waals surface area contributed by atoms with Gasteiger partial charge in [0, 0.05) is 36.3 Å². The van der Waals surface area contributed by atoms with Gasteiger partial charge >= 0.3 is 12.1 Å². The molecule has 0 rings (SSSR count). The number of amides is 6. The van der Waals surface area contributed by atoms with Crippen molar-refractivity contribution in [3.8, 4) is 0 Å². The first-order valence-electron chi connectivity index (χ1n) is 24.5. The molecule has 0 spiro atoms. The fourth-order valence-electron chi connectivity index (χ4n) is 8.19. The van der Waals surface area contributed by atoms with Gasteiger partial charge in [-0.05, 0) is 154 Å². The fourth-order valence-corrected chi connectivity index (χ4v) is 8.19. The van der Waals surface area contributed by atoms with Crippen LogP contribution in [0.5, 0.6) is 0 Å².